The molecule has 0 aliphatic carbocycles. The second kappa shape index (κ2) is 11.5. The van der Waals surface area contributed by atoms with Crippen LogP contribution in [0.4, 0.5) is 0 Å². The summed E-state index contributed by atoms with van der Waals surface area (Å²) in [5.74, 6) is 0.127. The number of rotatable bonds is 5. The van der Waals surface area contributed by atoms with Crippen LogP contribution in [0.25, 0.3) is 0 Å². The van der Waals surface area contributed by atoms with Crippen LogP contribution in [0.5, 0.6) is 0 Å². The minimum Gasteiger partial charge on any atom is -0.487 e. The molecule has 3 N–H and O–H groups in total. The summed E-state index contributed by atoms with van der Waals surface area (Å²) < 4.78 is 5.23. The van der Waals surface area contributed by atoms with Crippen molar-refractivity contribution in [3.05, 3.63) is 0 Å². The summed E-state index contributed by atoms with van der Waals surface area (Å²) >= 11 is 8.89. The maximum Gasteiger partial charge on any atom is 0.259 e. The lowest BCUT2D eigenvalue weighted by Crippen LogP contribution is -2.31. The number of ether oxygens (including phenoxy) is 1. The molecule has 0 radical (unpaired) electrons. The first-order valence-electron chi connectivity index (χ1n) is 5.24. The van der Waals surface area contributed by atoms with Gasteiger partial charge in [-0.15, -0.1) is 0 Å². The number of nitrogens with two attached hydrogens (primary N) is 1. The number of carbonyl (C=O) groups excluding carboxylic acids is 1. The lowest BCUT2D eigenvalue weighted by molar-refractivity contribution is -0.117. The summed E-state index contributed by atoms with van der Waals surface area (Å²) in [6, 6.07) is 0. The minimum atomic E-state index is -0.500. The Hall–Kier alpha value is -0.950. The number of Topliss-reactive ketones (excluding diaryl/α,β-unsaturated/α-hetero) is 1. The number of thiocarbonyl (C=S) groups is 2. The molecule has 0 aromatic rings. The van der Waals surface area contributed by atoms with Crippen LogP contribution in [0, 0.1) is 0 Å². The van der Waals surface area contributed by atoms with E-state index in [1.165, 1.54) is 0 Å². The topological polar surface area (TPSA) is 75.8 Å². The van der Waals surface area contributed by atoms with Gasteiger partial charge in [-0.3, -0.25) is 4.79 Å². The molecule has 0 fully saturated rings. The average molecular weight is 280 g/mol. The Morgan fingerprint density at radius 1 is 1.35 bits per heavy atom. The molecular formula is C10H20N2O3S2. The van der Waals surface area contributed by atoms with Crippen molar-refractivity contribution in [1.29, 1.82) is 0 Å². The number of aliphatic hydroxyl groups is 1. The molecule has 0 aliphatic heterocycles. The molecule has 0 saturated carbocycles. The normalized spacial score (nSPS) is 8.65. The van der Waals surface area contributed by atoms with Crippen molar-refractivity contribution in [2.24, 2.45) is 5.73 Å². The zero-order valence-electron chi connectivity index (χ0n) is 10.4. The Kier molecular flexibility index (Phi) is 12.5. The Bertz CT molecular complexity index is 252. The second-order valence-corrected chi connectivity index (χ2v) is 3.84. The van der Waals surface area contributed by atoms with E-state index in [2.05, 4.69) is 18.0 Å². The molecular weight excluding hydrogens is 260 g/mol. The van der Waals surface area contributed by atoms with E-state index in [0.717, 1.165) is 13.1 Å². The highest BCUT2D eigenvalue weighted by molar-refractivity contribution is 7.80. The summed E-state index contributed by atoms with van der Waals surface area (Å²) in [6.45, 7) is 7.66. The molecule has 0 heterocycles. The molecule has 7 heteroatoms. The summed E-state index contributed by atoms with van der Waals surface area (Å²) in [7, 11) is 0. The Labute approximate surface area is 113 Å². The van der Waals surface area contributed by atoms with Gasteiger partial charge in [0.05, 0.1) is 6.61 Å². The maximum absolute atomic E-state index is 10.6. The van der Waals surface area contributed by atoms with E-state index in [1.54, 1.807) is 6.92 Å². The summed E-state index contributed by atoms with van der Waals surface area (Å²) in [5, 5.41) is 7.56. The van der Waals surface area contributed by atoms with E-state index in [9.17, 15) is 4.79 Å². The second-order valence-electron chi connectivity index (χ2n) is 3.08. The fourth-order valence-corrected chi connectivity index (χ4v) is 1.20. The Balaban J connectivity index is 0. The first kappa shape index (κ1) is 18.4. The number of hydrogen-bond donors (Lipinski definition) is 2. The van der Waals surface area contributed by atoms with Crippen LogP contribution in [0.1, 0.15) is 27.2 Å². The highest BCUT2D eigenvalue weighted by atomic mass is 32.1. The molecule has 5 nitrogen and oxygen atoms in total. The summed E-state index contributed by atoms with van der Waals surface area (Å²) in [4.78, 5) is 12.5. The first-order valence-corrected chi connectivity index (χ1v) is 6.06. The van der Waals surface area contributed by atoms with Crippen molar-refractivity contribution < 1.29 is 14.6 Å². The Morgan fingerprint density at radius 2 is 1.76 bits per heavy atom. The zero-order chi connectivity index (χ0) is 13.8. The van der Waals surface area contributed by atoms with Crippen LogP contribution < -0.4 is 5.73 Å². The number of hydrogen-bond acceptors (Lipinski definition) is 4. The molecule has 0 bridgehead atoms. The van der Waals surface area contributed by atoms with Crippen LogP contribution in [0.3, 0.4) is 0 Å². The molecule has 0 atom stereocenters. The van der Waals surface area contributed by atoms with E-state index < -0.39 is 5.17 Å². The van der Waals surface area contributed by atoms with E-state index in [1.807, 2.05) is 18.7 Å². The van der Waals surface area contributed by atoms with Crippen molar-refractivity contribution in [3.63, 3.8) is 0 Å². The van der Waals surface area contributed by atoms with E-state index in [0.29, 0.717) is 18.2 Å². The standard InChI is InChI=1S/C9H17NO2S.CH3NOS/c1-4-10(5-2)9(13)12-7-6-8(3)11;2-1(3)4/h4-7H2,1-3H3;(H3,2,3,4). The van der Waals surface area contributed by atoms with Crippen molar-refractivity contribution in [3.8, 4) is 0 Å². The van der Waals surface area contributed by atoms with E-state index >= 15 is 0 Å². The van der Waals surface area contributed by atoms with E-state index in [-0.39, 0.29) is 5.78 Å². The average Bonchev–Trinajstić information content (AvgIpc) is 2.18. The van der Waals surface area contributed by atoms with Crippen LogP contribution in [-0.4, -0.2) is 45.8 Å². The molecule has 17 heavy (non-hydrogen) atoms. The molecule has 0 unspecified atom stereocenters. The third-order valence-corrected chi connectivity index (χ3v) is 2.08. The van der Waals surface area contributed by atoms with Crippen LogP contribution in [0.15, 0.2) is 0 Å². The summed E-state index contributed by atoms with van der Waals surface area (Å²) in [5.41, 5.74) is 4.40. The van der Waals surface area contributed by atoms with Gasteiger partial charge in [0.25, 0.3) is 10.3 Å². The number of ketones is 1. The quantitative estimate of drug-likeness (QED) is 0.737. The molecule has 0 amide bonds. The molecule has 0 rings (SSSR count). The highest BCUT2D eigenvalue weighted by Gasteiger charge is 2.05. The van der Waals surface area contributed by atoms with Gasteiger partial charge in [0.1, 0.15) is 5.78 Å². The van der Waals surface area contributed by atoms with Crippen molar-refractivity contribution >= 4 is 40.6 Å². The summed E-state index contributed by atoms with van der Waals surface area (Å²) in [6.07, 6.45) is 0.432. The van der Waals surface area contributed by atoms with Gasteiger partial charge < -0.3 is 20.5 Å². The fraction of sp³-hybridized carbons (Fsp3) is 0.700. The highest BCUT2D eigenvalue weighted by Crippen LogP contribution is 1.95. The Morgan fingerprint density at radius 3 is 2.06 bits per heavy atom. The van der Waals surface area contributed by atoms with Gasteiger partial charge in [-0.05, 0) is 45.2 Å². The van der Waals surface area contributed by atoms with Crippen LogP contribution in [0.2, 0.25) is 0 Å². The maximum atomic E-state index is 10.6. The monoisotopic (exact) mass is 280 g/mol. The van der Waals surface area contributed by atoms with Gasteiger partial charge in [0, 0.05) is 19.5 Å². The lowest BCUT2D eigenvalue weighted by Gasteiger charge is -2.20. The predicted octanol–water partition coefficient (Wildman–Crippen LogP) is 1.40. The molecule has 0 saturated heterocycles. The van der Waals surface area contributed by atoms with Gasteiger partial charge in [-0.1, -0.05) is 0 Å². The van der Waals surface area contributed by atoms with Crippen LogP contribution >= 0.6 is 24.4 Å². The minimum absolute atomic E-state index is 0.127. The number of nitrogens with zero attached hydrogens (tertiary/aromatic N) is 1. The van der Waals surface area contributed by atoms with Gasteiger partial charge in [-0.25, -0.2) is 0 Å². The fourth-order valence-electron chi connectivity index (χ4n) is 0.855. The van der Waals surface area contributed by atoms with Gasteiger partial charge in [0.15, 0.2) is 0 Å². The largest absolute Gasteiger partial charge is 0.487 e. The smallest absolute Gasteiger partial charge is 0.259 e. The SMILES string of the molecule is CCN(CC)C(=S)OCCC(C)=O.NC(O)=S. The van der Waals surface area contributed by atoms with Crippen LogP contribution in [-0.2, 0) is 9.53 Å². The lowest BCUT2D eigenvalue weighted by atomic mass is 10.3. The zero-order valence-corrected chi connectivity index (χ0v) is 12.1. The molecule has 100 valence electrons. The third kappa shape index (κ3) is 15.1. The van der Waals surface area contributed by atoms with Gasteiger partial charge in [-0.2, -0.15) is 0 Å². The number of carbonyl (C=O) groups is 1. The van der Waals surface area contributed by atoms with Crippen molar-refractivity contribution in [2.45, 2.75) is 27.2 Å². The molecule has 0 aromatic heterocycles. The van der Waals surface area contributed by atoms with Crippen molar-refractivity contribution in [2.75, 3.05) is 19.7 Å². The van der Waals surface area contributed by atoms with Gasteiger partial charge in [0.2, 0.25) is 0 Å². The predicted molar refractivity (Wildman–Crippen MR) is 76.2 cm³/mol. The first-order chi connectivity index (χ1) is 7.84. The van der Waals surface area contributed by atoms with E-state index in [4.69, 9.17) is 22.1 Å². The number of aliphatic hydroxyl groups excluding tert-OH is 1. The molecule has 0 aromatic carbocycles. The van der Waals surface area contributed by atoms with Gasteiger partial charge >= 0.3 is 0 Å². The van der Waals surface area contributed by atoms with Crippen molar-refractivity contribution in [1.82, 2.24) is 4.90 Å². The molecule has 0 spiro atoms. The molecule has 0 aliphatic rings. The third-order valence-electron chi connectivity index (χ3n) is 1.70.